The van der Waals surface area contributed by atoms with Crippen LogP contribution in [0.2, 0.25) is 0 Å². The van der Waals surface area contributed by atoms with Crippen LogP contribution in [0.15, 0.2) is 19.5 Å². The average molecular weight is 558 g/mol. The first-order valence-electron chi connectivity index (χ1n) is 7.28. The monoisotopic (exact) mass is 554 g/mol. The van der Waals surface area contributed by atoms with Crippen molar-refractivity contribution < 1.29 is 5.11 Å². The van der Waals surface area contributed by atoms with E-state index in [1.54, 1.807) is 0 Å². The second kappa shape index (κ2) is 10.8. The zero-order valence-electron chi connectivity index (χ0n) is 13.1. The van der Waals surface area contributed by atoms with E-state index in [0.29, 0.717) is 16.4 Å². The van der Waals surface area contributed by atoms with Crippen molar-refractivity contribution in [2.45, 2.75) is 26.3 Å². The molecule has 1 unspecified atom stereocenters. The number of benzene rings is 1. The van der Waals surface area contributed by atoms with Crippen molar-refractivity contribution in [1.29, 1.82) is 0 Å². The molecular formula is C15H23Br3Cl2N2O. The molecule has 1 fully saturated rings. The van der Waals surface area contributed by atoms with E-state index in [0.717, 1.165) is 47.1 Å². The molecule has 0 radical (unpaired) electrons. The van der Waals surface area contributed by atoms with Gasteiger partial charge in [-0.2, -0.15) is 0 Å². The Morgan fingerprint density at radius 3 is 2.26 bits per heavy atom. The summed E-state index contributed by atoms with van der Waals surface area (Å²) in [6.45, 7) is 8.61. The summed E-state index contributed by atoms with van der Waals surface area (Å²) in [5.74, 6) is 0.785. The van der Waals surface area contributed by atoms with Crippen LogP contribution in [0.25, 0.3) is 0 Å². The van der Waals surface area contributed by atoms with Gasteiger partial charge in [0.1, 0.15) is 5.75 Å². The number of aromatic hydroxyl groups is 1. The number of rotatable bonds is 4. The molecule has 134 valence electrons. The molecule has 0 aliphatic carbocycles. The molecule has 2 N–H and O–H groups in total. The topological polar surface area (TPSA) is 35.5 Å². The highest BCUT2D eigenvalue weighted by Gasteiger charge is 2.31. The van der Waals surface area contributed by atoms with Gasteiger partial charge in [0.15, 0.2) is 0 Å². The van der Waals surface area contributed by atoms with Crippen LogP contribution in [-0.2, 0) is 0 Å². The van der Waals surface area contributed by atoms with Crippen molar-refractivity contribution in [3.63, 3.8) is 0 Å². The lowest BCUT2D eigenvalue weighted by Gasteiger charge is -2.39. The Balaban J connectivity index is 0.00000242. The van der Waals surface area contributed by atoms with Crippen LogP contribution in [0, 0.1) is 5.92 Å². The molecule has 1 heterocycles. The Morgan fingerprint density at radius 1 is 1.17 bits per heavy atom. The summed E-state index contributed by atoms with van der Waals surface area (Å²) < 4.78 is 2.52. The van der Waals surface area contributed by atoms with Crippen molar-refractivity contribution in [2.24, 2.45) is 5.92 Å². The van der Waals surface area contributed by atoms with Gasteiger partial charge >= 0.3 is 0 Å². The SMILES string of the molecule is CCC(C)[C@@H](c1c(Br)cc(Br)c(O)c1Br)N1CCNCC1.Cl.Cl. The van der Waals surface area contributed by atoms with Crippen molar-refractivity contribution >= 4 is 72.6 Å². The highest BCUT2D eigenvalue weighted by atomic mass is 79.9. The van der Waals surface area contributed by atoms with Gasteiger partial charge in [0.2, 0.25) is 0 Å². The summed E-state index contributed by atoms with van der Waals surface area (Å²) in [6, 6.07) is 2.23. The predicted octanol–water partition coefficient (Wildman–Crippen LogP) is 5.52. The van der Waals surface area contributed by atoms with Gasteiger partial charge in [0.05, 0.1) is 8.95 Å². The van der Waals surface area contributed by atoms with Crippen molar-refractivity contribution in [3.05, 3.63) is 25.0 Å². The molecule has 0 bridgehead atoms. The van der Waals surface area contributed by atoms with Crippen molar-refractivity contribution in [2.75, 3.05) is 26.2 Å². The smallest absolute Gasteiger partial charge is 0.144 e. The molecule has 0 amide bonds. The van der Waals surface area contributed by atoms with E-state index in [1.807, 2.05) is 6.07 Å². The Kier molecular flexibility index (Phi) is 11.3. The molecule has 1 aliphatic heterocycles. The standard InChI is InChI=1S/C15H21Br3N2O.2ClH/c1-3-9(2)14(20-6-4-19-5-7-20)12-10(16)8-11(17)15(21)13(12)18;;/h8-9,14,19,21H,3-7H2,1-2H3;2*1H/t9?,14-;;/m0../s1. The van der Waals surface area contributed by atoms with Gasteiger partial charge in [-0.05, 0) is 43.8 Å². The second-order valence-corrected chi connectivity index (χ2v) is 8.03. The first kappa shape index (κ1) is 24.0. The van der Waals surface area contributed by atoms with E-state index < -0.39 is 0 Å². The highest BCUT2D eigenvalue weighted by Crippen LogP contribution is 2.46. The molecule has 1 saturated heterocycles. The van der Waals surface area contributed by atoms with Crippen molar-refractivity contribution in [1.82, 2.24) is 10.2 Å². The number of hydrogen-bond acceptors (Lipinski definition) is 3. The maximum absolute atomic E-state index is 10.3. The Morgan fingerprint density at radius 2 is 1.74 bits per heavy atom. The molecule has 1 aromatic rings. The maximum atomic E-state index is 10.3. The van der Waals surface area contributed by atoms with Crippen LogP contribution in [0.1, 0.15) is 31.9 Å². The number of halogens is 5. The maximum Gasteiger partial charge on any atom is 0.144 e. The average Bonchev–Trinajstić information content (AvgIpc) is 2.49. The third-order valence-corrected chi connectivity index (χ3v) is 6.27. The lowest BCUT2D eigenvalue weighted by Crippen LogP contribution is -2.46. The van der Waals surface area contributed by atoms with Crippen LogP contribution in [0.5, 0.6) is 5.75 Å². The fourth-order valence-electron chi connectivity index (χ4n) is 2.88. The zero-order valence-corrected chi connectivity index (χ0v) is 19.5. The lowest BCUT2D eigenvalue weighted by molar-refractivity contribution is 0.127. The van der Waals surface area contributed by atoms with Crippen molar-refractivity contribution in [3.8, 4) is 5.75 Å². The minimum Gasteiger partial charge on any atom is -0.506 e. The third kappa shape index (κ3) is 5.47. The van der Waals surface area contributed by atoms with Gasteiger partial charge in [0, 0.05) is 42.3 Å². The van der Waals surface area contributed by atoms with Crippen LogP contribution in [0.4, 0.5) is 0 Å². The van der Waals surface area contributed by atoms with Gasteiger partial charge in [-0.3, -0.25) is 4.90 Å². The fourth-order valence-corrected chi connectivity index (χ4v) is 5.47. The Bertz CT molecular complexity index is 514. The molecule has 2 rings (SSSR count). The zero-order chi connectivity index (χ0) is 15.6. The largest absolute Gasteiger partial charge is 0.506 e. The molecule has 0 saturated carbocycles. The molecule has 0 aromatic heterocycles. The van der Waals surface area contributed by atoms with Gasteiger partial charge in [-0.25, -0.2) is 0 Å². The molecule has 23 heavy (non-hydrogen) atoms. The van der Waals surface area contributed by atoms with E-state index in [9.17, 15) is 5.11 Å². The van der Waals surface area contributed by atoms with Crippen LogP contribution >= 0.6 is 72.6 Å². The third-order valence-electron chi connectivity index (χ3n) is 4.21. The van der Waals surface area contributed by atoms with Crippen LogP contribution < -0.4 is 5.32 Å². The quantitative estimate of drug-likeness (QED) is 0.512. The minimum atomic E-state index is 0. The number of nitrogens with zero attached hydrogens (tertiary/aromatic N) is 1. The summed E-state index contributed by atoms with van der Waals surface area (Å²) in [7, 11) is 0. The number of piperazine rings is 1. The molecule has 0 spiro atoms. The lowest BCUT2D eigenvalue weighted by atomic mass is 9.90. The summed E-state index contributed by atoms with van der Waals surface area (Å²) >= 11 is 10.7. The molecule has 1 aromatic carbocycles. The van der Waals surface area contributed by atoms with Gasteiger partial charge in [-0.1, -0.05) is 36.2 Å². The number of phenols is 1. The Hall–Kier alpha value is 0.960. The first-order chi connectivity index (χ1) is 9.97. The van der Waals surface area contributed by atoms with Gasteiger partial charge in [-0.15, -0.1) is 24.8 Å². The summed E-state index contributed by atoms with van der Waals surface area (Å²) in [5.41, 5.74) is 1.15. The summed E-state index contributed by atoms with van der Waals surface area (Å²) in [5, 5.41) is 13.7. The van der Waals surface area contributed by atoms with E-state index in [4.69, 9.17) is 0 Å². The van der Waals surface area contributed by atoms with E-state index in [2.05, 4.69) is 71.9 Å². The van der Waals surface area contributed by atoms with Crippen LogP contribution in [-0.4, -0.2) is 36.2 Å². The van der Waals surface area contributed by atoms with E-state index in [-0.39, 0.29) is 30.6 Å². The molecular weight excluding hydrogens is 535 g/mol. The fraction of sp³-hybridized carbons (Fsp3) is 0.600. The second-order valence-electron chi connectivity index (χ2n) is 5.53. The molecule has 1 aliphatic rings. The van der Waals surface area contributed by atoms with E-state index >= 15 is 0 Å². The molecule has 3 nitrogen and oxygen atoms in total. The van der Waals surface area contributed by atoms with Crippen LogP contribution in [0.3, 0.4) is 0 Å². The molecule has 8 heteroatoms. The summed E-state index contributed by atoms with van der Waals surface area (Å²) in [6.07, 6.45) is 1.10. The minimum absolute atomic E-state index is 0. The molecule has 2 atom stereocenters. The van der Waals surface area contributed by atoms with Gasteiger partial charge in [0.25, 0.3) is 0 Å². The normalized spacial score (nSPS) is 17.8. The Labute approximate surface area is 176 Å². The predicted molar refractivity (Wildman–Crippen MR) is 112 cm³/mol. The number of phenolic OH excluding ortho intramolecular Hbond substituents is 1. The first-order valence-corrected chi connectivity index (χ1v) is 9.66. The number of hydrogen-bond donors (Lipinski definition) is 2. The number of nitrogens with one attached hydrogen (secondary N) is 1. The van der Waals surface area contributed by atoms with Gasteiger partial charge < -0.3 is 10.4 Å². The summed E-state index contributed by atoms with van der Waals surface area (Å²) in [4.78, 5) is 2.52. The van der Waals surface area contributed by atoms with E-state index in [1.165, 1.54) is 0 Å². The highest BCUT2D eigenvalue weighted by molar-refractivity contribution is 9.11.